The first kappa shape index (κ1) is 23.6. The summed E-state index contributed by atoms with van der Waals surface area (Å²) in [5.41, 5.74) is 4.42. The summed E-state index contributed by atoms with van der Waals surface area (Å²) in [6.07, 6.45) is 6.82. The molecule has 1 fully saturated rings. The third-order valence-electron chi connectivity index (χ3n) is 6.25. The summed E-state index contributed by atoms with van der Waals surface area (Å²) >= 11 is 0. The Balaban J connectivity index is 1.26. The van der Waals surface area contributed by atoms with Gasteiger partial charge in [0.2, 0.25) is 5.91 Å². The number of hydrogen-bond acceptors (Lipinski definition) is 6. The zero-order chi connectivity index (χ0) is 25.2. The minimum Gasteiger partial charge on any atom is -0.339 e. The molecule has 2 amide bonds. The maximum atomic E-state index is 13.3. The summed E-state index contributed by atoms with van der Waals surface area (Å²) in [5, 5.41) is 10.7. The molecule has 1 aliphatic heterocycles. The molecule has 3 N–H and O–H groups in total. The molecule has 0 aromatic carbocycles. The summed E-state index contributed by atoms with van der Waals surface area (Å²) in [6, 6.07) is 5.37. The van der Waals surface area contributed by atoms with E-state index in [4.69, 9.17) is 0 Å². The van der Waals surface area contributed by atoms with Crippen LogP contribution in [0.5, 0.6) is 0 Å². The minimum absolute atomic E-state index is 0.186. The lowest BCUT2D eigenvalue weighted by atomic mass is 10.1. The van der Waals surface area contributed by atoms with Crippen LogP contribution in [0.4, 0.5) is 15.8 Å². The third-order valence-corrected chi connectivity index (χ3v) is 6.25. The molecule has 0 spiro atoms. The first-order valence-corrected chi connectivity index (χ1v) is 11.8. The maximum Gasteiger partial charge on any atom is 0.257 e. The fraction of sp³-hybridized carbons (Fsp3) is 0.320. The van der Waals surface area contributed by atoms with Crippen molar-refractivity contribution in [3.8, 4) is 11.3 Å². The lowest BCUT2D eigenvalue weighted by Crippen LogP contribution is -2.39. The predicted molar refractivity (Wildman–Crippen MR) is 134 cm³/mol. The summed E-state index contributed by atoms with van der Waals surface area (Å²) in [5.74, 6) is -0.544. The molecule has 5 rings (SSSR count). The van der Waals surface area contributed by atoms with E-state index in [2.05, 4.69) is 30.7 Å². The number of nitrogens with one attached hydrogen (secondary N) is 3. The van der Waals surface area contributed by atoms with Crippen LogP contribution in [0.1, 0.15) is 28.9 Å². The molecule has 0 atom stereocenters. The van der Waals surface area contributed by atoms with Gasteiger partial charge in [-0.1, -0.05) is 0 Å². The van der Waals surface area contributed by atoms with Crippen molar-refractivity contribution in [1.29, 1.82) is 0 Å². The fourth-order valence-corrected chi connectivity index (χ4v) is 4.24. The highest BCUT2D eigenvalue weighted by molar-refractivity contribution is 6.06. The normalized spacial score (nSPS) is 14.8. The number of likely N-dealkylation sites (tertiary alicyclic amines) is 1. The highest BCUT2D eigenvalue weighted by Gasteiger charge is 2.20. The van der Waals surface area contributed by atoms with Crippen molar-refractivity contribution in [2.24, 2.45) is 7.05 Å². The predicted octanol–water partition coefficient (Wildman–Crippen LogP) is 3.29. The van der Waals surface area contributed by atoms with Crippen molar-refractivity contribution in [2.45, 2.75) is 25.9 Å². The van der Waals surface area contributed by atoms with Gasteiger partial charge in [-0.2, -0.15) is 5.10 Å². The number of pyridine rings is 2. The standard InChI is InChI=1S/C25H27FN8O2/c1-15-21(9-20(12-27-15)30-23(35)14-34-5-3-19(26)4-6-34)32-25(36)17-7-16-8-22(31-24(16)28-10-17)18-11-29-33(2)13-18/h7-13,19H,3-6,14H2,1-2H3,(H,28,31)(H,30,35)(H,32,36). The highest BCUT2D eigenvalue weighted by Crippen LogP contribution is 2.24. The average Bonchev–Trinajstić information content (AvgIpc) is 3.48. The van der Waals surface area contributed by atoms with Crippen LogP contribution in [-0.4, -0.2) is 67.3 Å². The SMILES string of the molecule is Cc1ncc(NC(=O)CN2CCC(F)CC2)cc1NC(=O)c1cnc2[nH]c(-c3cnn(C)c3)cc2c1. The Morgan fingerprint density at radius 1 is 1.11 bits per heavy atom. The molecule has 0 unspecified atom stereocenters. The number of piperidine rings is 1. The van der Waals surface area contributed by atoms with Crippen LogP contribution in [0.25, 0.3) is 22.3 Å². The van der Waals surface area contributed by atoms with Gasteiger partial charge in [-0.25, -0.2) is 9.37 Å². The van der Waals surface area contributed by atoms with Crippen LogP contribution in [0.2, 0.25) is 0 Å². The fourth-order valence-electron chi connectivity index (χ4n) is 4.24. The highest BCUT2D eigenvalue weighted by atomic mass is 19.1. The second-order valence-electron chi connectivity index (χ2n) is 9.06. The van der Waals surface area contributed by atoms with Crippen molar-refractivity contribution in [3.05, 3.63) is 54.2 Å². The number of H-pyrrole nitrogens is 1. The van der Waals surface area contributed by atoms with Gasteiger partial charge in [0.1, 0.15) is 11.8 Å². The topological polar surface area (TPSA) is 121 Å². The average molecular weight is 491 g/mol. The van der Waals surface area contributed by atoms with Gasteiger partial charge in [0, 0.05) is 43.5 Å². The Labute approximate surface area is 206 Å². The third kappa shape index (κ3) is 5.25. The zero-order valence-electron chi connectivity index (χ0n) is 20.1. The Kier molecular flexibility index (Phi) is 6.47. The van der Waals surface area contributed by atoms with Crippen LogP contribution >= 0.6 is 0 Å². The largest absolute Gasteiger partial charge is 0.339 e. The van der Waals surface area contributed by atoms with Gasteiger partial charge >= 0.3 is 0 Å². The number of anilines is 2. The zero-order valence-corrected chi connectivity index (χ0v) is 20.1. The molecule has 11 heteroatoms. The van der Waals surface area contributed by atoms with Crippen LogP contribution in [0.15, 0.2) is 43.0 Å². The minimum atomic E-state index is -0.784. The van der Waals surface area contributed by atoms with E-state index in [1.54, 1.807) is 36.1 Å². The van der Waals surface area contributed by atoms with E-state index in [1.165, 1.54) is 6.20 Å². The molecule has 1 saturated heterocycles. The Morgan fingerprint density at radius 2 is 1.92 bits per heavy atom. The molecule has 0 radical (unpaired) electrons. The van der Waals surface area contributed by atoms with E-state index in [1.807, 2.05) is 24.2 Å². The first-order chi connectivity index (χ1) is 17.3. The first-order valence-electron chi connectivity index (χ1n) is 11.8. The Bertz CT molecular complexity index is 1420. The number of nitrogens with zero attached hydrogens (tertiary/aromatic N) is 5. The molecule has 10 nitrogen and oxygen atoms in total. The second kappa shape index (κ2) is 9.86. The summed E-state index contributed by atoms with van der Waals surface area (Å²) in [7, 11) is 1.85. The van der Waals surface area contributed by atoms with Crippen molar-refractivity contribution in [1.82, 2.24) is 29.6 Å². The van der Waals surface area contributed by atoms with Gasteiger partial charge in [0.25, 0.3) is 5.91 Å². The van der Waals surface area contributed by atoms with Crippen molar-refractivity contribution in [2.75, 3.05) is 30.3 Å². The van der Waals surface area contributed by atoms with Gasteiger partial charge in [-0.05, 0) is 38.0 Å². The molecule has 0 aliphatic carbocycles. The van der Waals surface area contributed by atoms with Crippen LogP contribution in [0, 0.1) is 6.92 Å². The van der Waals surface area contributed by atoms with E-state index >= 15 is 0 Å². The molecule has 1 aliphatic rings. The van der Waals surface area contributed by atoms with Gasteiger partial charge in [-0.3, -0.25) is 24.2 Å². The number of carbonyl (C=O) groups is 2. The molecule has 0 saturated carbocycles. The number of aromatic nitrogens is 5. The molecule has 5 heterocycles. The van der Waals surface area contributed by atoms with Crippen molar-refractivity contribution in [3.63, 3.8) is 0 Å². The summed E-state index contributed by atoms with van der Waals surface area (Å²) < 4.78 is 15.0. The van der Waals surface area contributed by atoms with Crippen LogP contribution < -0.4 is 10.6 Å². The number of alkyl halides is 1. The monoisotopic (exact) mass is 490 g/mol. The lowest BCUT2D eigenvalue weighted by molar-refractivity contribution is -0.117. The smallest absolute Gasteiger partial charge is 0.257 e. The number of halogens is 1. The lowest BCUT2D eigenvalue weighted by Gasteiger charge is -2.27. The Morgan fingerprint density at radius 3 is 2.67 bits per heavy atom. The molecule has 0 bridgehead atoms. The van der Waals surface area contributed by atoms with E-state index < -0.39 is 6.17 Å². The Hall–Kier alpha value is -4.12. The quantitative estimate of drug-likeness (QED) is 0.381. The van der Waals surface area contributed by atoms with Crippen LogP contribution in [0.3, 0.4) is 0 Å². The second-order valence-corrected chi connectivity index (χ2v) is 9.06. The van der Waals surface area contributed by atoms with Crippen molar-refractivity contribution < 1.29 is 14.0 Å². The van der Waals surface area contributed by atoms with E-state index in [-0.39, 0.29) is 18.4 Å². The summed E-state index contributed by atoms with van der Waals surface area (Å²) in [4.78, 5) is 39.3. The van der Waals surface area contributed by atoms with Gasteiger partial charge in [0.15, 0.2) is 0 Å². The van der Waals surface area contributed by atoms with Gasteiger partial charge < -0.3 is 15.6 Å². The van der Waals surface area contributed by atoms with Crippen LogP contribution in [-0.2, 0) is 11.8 Å². The molecule has 186 valence electrons. The number of aryl methyl sites for hydroxylation is 2. The molecular formula is C25H27FN8O2. The van der Waals surface area contributed by atoms with Crippen molar-refractivity contribution >= 4 is 34.2 Å². The molecule has 4 aromatic rings. The van der Waals surface area contributed by atoms with E-state index in [9.17, 15) is 14.0 Å². The molecule has 4 aromatic heterocycles. The van der Waals surface area contributed by atoms with E-state index in [0.29, 0.717) is 54.2 Å². The van der Waals surface area contributed by atoms with E-state index in [0.717, 1.165) is 16.6 Å². The number of fused-ring (bicyclic) bond motifs is 1. The maximum absolute atomic E-state index is 13.3. The molecule has 36 heavy (non-hydrogen) atoms. The number of rotatable bonds is 6. The summed E-state index contributed by atoms with van der Waals surface area (Å²) in [6.45, 7) is 3.08. The number of aromatic amines is 1. The number of amides is 2. The van der Waals surface area contributed by atoms with Gasteiger partial charge in [-0.15, -0.1) is 0 Å². The number of carbonyl (C=O) groups excluding carboxylic acids is 2. The molecular weight excluding hydrogens is 463 g/mol. The van der Waals surface area contributed by atoms with Gasteiger partial charge in [0.05, 0.1) is 47.3 Å². The number of hydrogen-bond donors (Lipinski definition) is 3.